The third-order valence-corrected chi connectivity index (χ3v) is 4.18. The molecule has 1 saturated carbocycles. The first-order chi connectivity index (χ1) is 10.1. The average molecular weight is 298 g/mol. The molecule has 3 rings (SSSR count). The van der Waals surface area contributed by atoms with Crippen molar-refractivity contribution in [1.82, 2.24) is 0 Å². The van der Waals surface area contributed by atoms with Gasteiger partial charge in [0.05, 0.1) is 11.5 Å². The first-order valence-corrected chi connectivity index (χ1v) is 7.42. The molecule has 2 aromatic rings. The van der Waals surface area contributed by atoms with E-state index in [4.69, 9.17) is 16.3 Å². The Bertz CT molecular complexity index is 696. The van der Waals surface area contributed by atoms with Crippen LogP contribution in [0.4, 0.5) is 0 Å². The summed E-state index contributed by atoms with van der Waals surface area (Å²) < 4.78 is 5.93. The molecule has 1 aliphatic carbocycles. The predicted octanol–water partition coefficient (Wildman–Crippen LogP) is 5.29. The molecule has 21 heavy (non-hydrogen) atoms. The second kappa shape index (κ2) is 5.42. The fourth-order valence-electron chi connectivity index (χ4n) is 2.36. The molecule has 0 aromatic heterocycles. The molecular formula is C18H16ClNO. The van der Waals surface area contributed by atoms with Crippen LogP contribution in [0.2, 0.25) is 5.02 Å². The second-order valence-electron chi connectivity index (χ2n) is 5.72. The highest BCUT2D eigenvalue weighted by Crippen LogP contribution is 2.48. The molecular weight excluding hydrogens is 282 g/mol. The molecule has 0 radical (unpaired) electrons. The van der Waals surface area contributed by atoms with Crippen LogP contribution >= 0.6 is 11.6 Å². The Morgan fingerprint density at radius 2 is 1.90 bits per heavy atom. The molecule has 1 fully saturated rings. The van der Waals surface area contributed by atoms with Gasteiger partial charge in [-0.2, -0.15) is 5.26 Å². The summed E-state index contributed by atoms with van der Waals surface area (Å²) in [5.41, 5.74) is 2.10. The predicted molar refractivity (Wildman–Crippen MR) is 83.7 cm³/mol. The van der Waals surface area contributed by atoms with Gasteiger partial charge in [-0.3, -0.25) is 0 Å². The Morgan fingerprint density at radius 3 is 2.52 bits per heavy atom. The zero-order valence-corrected chi connectivity index (χ0v) is 12.7. The number of hydrogen-bond donors (Lipinski definition) is 0. The van der Waals surface area contributed by atoms with Gasteiger partial charge >= 0.3 is 0 Å². The first kappa shape index (κ1) is 14.0. The maximum atomic E-state index is 9.21. The van der Waals surface area contributed by atoms with Gasteiger partial charge in [-0.1, -0.05) is 23.7 Å². The summed E-state index contributed by atoms with van der Waals surface area (Å²) in [4.78, 5) is 0. The van der Waals surface area contributed by atoms with E-state index in [1.165, 1.54) is 0 Å². The summed E-state index contributed by atoms with van der Waals surface area (Å²) in [5, 5.41) is 9.90. The lowest BCUT2D eigenvalue weighted by Crippen LogP contribution is -2.02. The number of halogens is 1. The van der Waals surface area contributed by atoms with E-state index in [0.29, 0.717) is 5.02 Å². The number of hydrogen-bond acceptors (Lipinski definition) is 2. The fourth-order valence-corrected chi connectivity index (χ4v) is 2.49. The van der Waals surface area contributed by atoms with Crippen LogP contribution in [0.15, 0.2) is 42.5 Å². The van der Waals surface area contributed by atoms with Crippen LogP contribution in [0.25, 0.3) is 0 Å². The van der Waals surface area contributed by atoms with Gasteiger partial charge in [-0.25, -0.2) is 0 Å². The van der Waals surface area contributed by atoms with Gasteiger partial charge < -0.3 is 4.74 Å². The molecule has 0 unspecified atom stereocenters. The van der Waals surface area contributed by atoms with E-state index in [0.717, 1.165) is 41.9 Å². The monoisotopic (exact) mass is 297 g/mol. The number of nitriles is 1. The van der Waals surface area contributed by atoms with Gasteiger partial charge in [0.15, 0.2) is 0 Å². The van der Waals surface area contributed by atoms with E-state index >= 15 is 0 Å². The number of aryl methyl sites for hydroxylation is 1. The highest BCUT2D eigenvalue weighted by Gasteiger charge is 2.42. The standard InChI is InChI=1S/C18H16ClNO/c1-13-2-3-14(11-18(12-20)8-9-18)10-17(13)21-16-6-4-15(19)5-7-16/h2-7,10H,8-9,11H2,1H3. The molecule has 0 heterocycles. The minimum absolute atomic E-state index is 0.132. The van der Waals surface area contributed by atoms with Crippen LogP contribution in [0.1, 0.15) is 24.0 Å². The Kier molecular flexibility index (Phi) is 3.61. The number of rotatable bonds is 4. The van der Waals surface area contributed by atoms with E-state index in [1.54, 1.807) is 0 Å². The van der Waals surface area contributed by atoms with Crippen molar-refractivity contribution in [2.75, 3.05) is 0 Å². The number of benzene rings is 2. The molecule has 2 aromatic carbocycles. The lowest BCUT2D eigenvalue weighted by Gasteiger charge is -2.12. The molecule has 106 valence electrons. The van der Waals surface area contributed by atoms with Crippen LogP contribution in [0.5, 0.6) is 11.5 Å². The highest BCUT2D eigenvalue weighted by molar-refractivity contribution is 6.30. The summed E-state index contributed by atoms with van der Waals surface area (Å²) in [6, 6.07) is 15.9. The maximum Gasteiger partial charge on any atom is 0.130 e. The lowest BCUT2D eigenvalue weighted by molar-refractivity contribution is 0.477. The van der Waals surface area contributed by atoms with Crippen molar-refractivity contribution in [2.45, 2.75) is 26.2 Å². The summed E-state index contributed by atoms with van der Waals surface area (Å²) in [6.45, 7) is 2.02. The van der Waals surface area contributed by atoms with Crippen molar-refractivity contribution in [1.29, 1.82) is 5.26 Å². The SMILES string of the molecule is Cc1ccc(CC2(C#N)CC2)cc1Oc1ccc(Cl)cc1. The van der Waals surface area contributed by atoms with E-state index in [-0.39, 0.29) is 5.41 Å². The Morgan fingerprint density at radius 1 is 1.19 bits per heavy atom. The average Bonchev–Trinajstić information content (AvgIpc) is 3.25. The third-order valence-electron chi connectivity index (χ3n) is 3.93. The molecule has 0 N–H and O–H groups in total. The summed E-state index contributed by atoms with van der Waals surface area (Å²) in [6.07, 6.45) is 2.82. The van der Waals surface area contributed by atoms with Crippen molar-refractivity contribution in [2.24, 2.45) is 5.41 Å². The maximum absolute atomic E-state index is 9.21. The molecule has 0 spiro atoms. The molecule has 0 aliphatic heterocycles. The van der Waals surface area contributed by atoms with Crippen LogP contribution in [0.3, 0.4) is 0 Å². The Labute approximate surface area is 129 Å². The van der Waals surface area contributed by atoms with Crippen molar-refractivity contribution in [3.05, 3.63) is 58.6 Å². The van der Waals surface area contributed by atoms with E-state index in [9.17, 15) is 5.26 Å². The van der Waals surface area contributed by atoms with Gasteiger partial charge in [0, 0.05) is 5.02 Å². The van der Waals surface area contributed by atoms with E-state index in [1.807, 2.05) is 43.3 Å². The lowest BCUT2D eigenvalue weighted by atomic mass is 9.97. The largest absolute Gasteiger partial charge is 0.457 e. The minimum Gasteiger partial charge on any atom is -0.457 e. The first-order valence-electron chi connectivity index (χ1n) is 7.04. The molecule has 1 aliphatic rings. The molecule has 2 nitrogen and oxygen atoms in total. The van der Waals surface area contributed by atoms with Crippen LogP contribution in [-0.4, -0.2) is 0 Å². The van der Waals surface area contributed by atoms with Crippen LogP contribution in [0, 0.1) is 23.7 Å². The second-order valence-corrected chi connectivity index (χ2v) is 6.16. The van der Waals surface area contributed by atoms with E-state index < -0.39 is 0 Å². The Hall–Kier alpha value is -1.98. The molecule has 0 atom stereocenters. The quantitative estimate of drug-likeness (QED) is 0.768. The van der Waals surface area contributed by atoms with Crippen molar-refractivity contribution >= 4 is 11.6 Å². The van der Waals surface area contributed by atoms with Crippen molar-refractivity contribution < 1.29 is 4.74 Å². The fraction of sp³-hybridized carbons (Fsp3) is 0.278. The van der Waals surface area contributed by atoms with Crippen molar-refractivity contribution in [3.8, 4) is 17.6 Å². The molecule has 0 amide bonds. The highest BCUT2D eigenvalue weighted by atomic mass is 35.5. The van der Waals surface area contributed by atoms with Crippen molar-refractivity contribution in [3.63, 3.8) is 0 Å². The van der Waals surface area contributed by atoms with Gasteiger partial charge in [0.2, 0.25) is 0 Å². The van der Waals surface area contributed by atoms with Crippen LogP contribution < -0.4 is 4.74 Å². The van der Waals surface area contributed by atoms with Gasteiger partial charge in [0.1, 0.15) is 11.5 Å². The molecule has 0 bridgehead atoms. The minimum atomic E-state index is -0.132. The molecule has 0 saturated heterocycles. The van der Waals surface area contributed by atoms with E-state index in [2.05, 4.69) is 12.1 Å². The summed E-state index contributed by atoms with van der Waals surface area (Å²) in [7, 11) is 0. The number of ether oxygens (including phenoxy) is 1. The van der Waals surface area contributed by atoms with Gasteiger partial charge in [-0.15, -0.1) is 0 Å². The van der Waals surface area contributed by atoms with Gasteiger partial charge in [-0.05, 0) is 67.6 Å². The summed E-state index contributed by atoms with van der Waals surface area (Å²) >= 11 is 5.88. The third kappa shape index (κ3) is 3.20. The van der Waals surface area contributed by atoms with Crippen LogP contribution in [-0.2, 0) is 6.42 Å². The van der Waals surface area contributed by atoms with Gasteiger partial charge in [0.25, 0.3) is 0 Å². The zero-order chi connectivity index (χ0) is 14.9. The number of nitrogens with zero attached hydrogens (tertiary/aromatic N) is 1. The summed E-state index contributed by atoms with van der Waals surface area (Å²) in [5.74, 6) is 1.60. The molecule has 3 heteroatoms. The normalized spacial score (nSPS) is 15.3. The topological polar surface area (TPSA) is 33.0 Å². The smallest absolute Gasteiger partial charge is 0.130 e. The Balaban J connectivity index is 1.81. The zero-order valence-electron chi connectivity index (χ0n) is 11.9.